The van der Waals surface area contributed by atoms with Crippen LogP contribution in [-0.4, -0.2) is 39.1 Å². The van der Waals surface area contributed by atoms with Crippen molar-refractivity contribution in [2.24, 2.45) is 7.05 Å². The van der Waals surface area contributed by atoms with Gasteiger partial charge in [0.15, 0.2) is 0 Å². The zero-order chi connectivity index (χ0) is 16.7. The molecule has 1 atom stereocenters. The Hall–Kier alpha value is -2.67. The molecule has 0 bridgehead atoms. The Morgan fingerprint density at radius 3 is 3.12 bits per heavy atom. The maximum absolute atomic E-state index is 12.6. The van der Waals surface area contributed by atoms with Crippen molar-refractivity contribution in [3.8, 4) is 0 Å². The highest BCUT2D eigenvalue weighted by Gasteiger charge is 2.20. The van der Waals surface area contributed by atoms with Crippen LogP contribution >= 0.6 is 0 Å². The van der Waals surface area contributed by atoms with Crippen LogP contribution in [-0.2, 0) is 11.8 Å². The van der Waals surface area contributed by atoms with Crippen LogP contribution in [0.2, 0.25) is 0 Å². The van der Waals surface area contributed by atoms with E-state index in [1.54, 1.807) is 36.0 Å². The number of carbonyl (C=O) groups is 1. The number of hydrogen-bond donors (Lipinski definition) is 1. The highest BCUT2D eigenvalue weighted by atomic mass is 16.5. The van der Waals surface area contributed by atoms with Crippen molar-refractivity contribution in [3.05, 3.63) is 46.5 Å². The molecular weight excluding hydrogens is 308 g/mol. The van der Waals surface area contributed by atoms with Gasteiger partial charge in [-0.1, -0.05) is 6.07 Å². The minimum Gasteiger partial charge on any atom is -0.376 e. The van der Waals surface area contributed by atoms with Gasteiger partial charge >= 0.3 is 0 Å². The Balaban J connectivity index is 1.72. The SMILES string of the molecule is Cn1c(C(=O)NC[C@H]2CCCO2)cc2c(=O)n3ccccc3nc21. The van der Waals surface area contributed by atoms with Gasteiger partial charge < -0.3 is 14.6 Å². The molecule has 1 fully saturated rings. The monoisotopic (exact) mass is 326 g/mol. The fraction of sp³-hybridized carbons (Fsp3) is 0.353. The van der Waals surface area contributed by atoms with Crippen molar-refractivity contribution in [1.82, 2.24) is 19.3 Å². The number of pyridine rings is 1. The van der Waals surface area contributed by atoms with Crippen molar-refractivity contribution in [2.45, 2.75) is 18.9 Å². The molecule has 3 aromatic rings. The molecule has 1 aliphatic rings. The Morgan fingerprint density at radius 1 is 1.46 bits per heavy atom. The summed E-state index contributed by atoms with van der Waals surface area (Å²) in [6.45, 7) is 1.23. The number of carbonyl (C=O) groups excluding carboxylic acids is 1. The van der Waals surface area contributed by atoms with Gasteiger partial charge in [-0.3, -0.25) is 14.0 Å². The van der Waals surface area contributed by atoms with Gasteiger partial charge in [-0.2, -0.15) is 0 Å². The van der Waals surface area contributed by atoms with Gasteiger partial charge in [0.25, 0.3) is 11.5 Å². The third-order valence-electron chi connectivity index (χ3n) is 4.46. The number of aryl methyl sites for hydroxylation is 1. The average Bonchev–Trinajstić information content (AvgIpc) is 3.22. The predicted octanol–water partition coefficient (Wildman–Crippen LogP) is 1.09. The second kappa shape index (κ2) is 5.76. The second-order valence-electron chi connectivity index (χ2n) is 6.02. The van der Waals surface area contributed by atoms with Gasteiger partial charge in [0.1, 0.15) is 17.0 Å². The average molecular weight is 326 g/mol. The molecule has 7 heteroatoms. The van der Waals surface area contributed by atoms with Gasteiger partial charge in [-0.05, 0) is 31.0 Å². The maximum Gasteiger partial charge on any atom is 0.268 e. The summed E-state index contributed by atoms with van der Waals surface area (Å²) in [4.78, 5) is 29.6. The van der Waals surface area contributed by atoms with E-state index in [1.807, 2.05) is 6.07 Å². The third-order valence-corrected chi connectivity index (χ3v) is 4.46. The first-order valence-corrected chi connectivity index (χ1v) is 8.02. The van der Waals surface area contributed by atoms with Crippen LogP contribution in [0.5, 0.6) is 0 Å². The molecular formula is C17H18N4O3. The Kier molecular flexibility index (Phi) is 3.57. The molecule has 3 aromatic heterocycles. The van der Waals surface area contributed by atoms with Gasteiger partial charge in [0.2, 0.25) is 0 Å². The van der Waals surface area contributed by atoms with Crippen molar-refractivity contribution in [3.63, 3.8) is 0 Å². The normalized spacial score (nSPS) is 17.6. The van der Waals surface area contributed by atoms with Crippen molar-refractivity contribution in [2.75, 3.05) is 13.2 Å². The molecule has 1 aliphatic heterocycles. The molecule has 7 nitrogen and oxygen atoms in total. The van der Waals surface area contributed by atoms with Crippen LogP contribution in [0.25, 0.3) is 16.7 Å². The Labute approximate surface area is 137 Å². The van der Waals surface area contributed by atoms with Gasteiger partial charge in [-0.15, -0.1) is 0 Å². The van der Waals surface area contributed by atoms with Crippen LogP contribution in [0.4, 0.5) is 0 Å². The lowest BCUT2D eigenvalue weighted by Crippen LogP contribution is -2.32. The molecule has 0 unspecified atom stereocenters. The molecule has 124 valence electrons. The molecule has 0 aliphatic carbocycles. The summed E-state index contributed by atoms with van der Waals surface area (Å²) in [5.41, 5.74) is 1.31. The molecule has 0 saturated carbocycles. The molecule has 4 heterocycles. The maximum atomic E-state index is 12.6. The second-order valence-corrected chi connectivity index (χ2v) is 6.02. The van der Waals surface area contributed by atoms with E-state index in [9.17, 15) is 9.59 Å². The Morgan fingerprint density at radius 2 is 2.33 bits per heavy atom. The fourth-order valence-electron chi connectivity index (χ4n) is 3.14. The highest BCUT2D eigenvalue weighted by Crippen LogP contribution is 2.15. The predicted molar refractivity (Wildman–Crippen MR) is 89.2 cm³/mol. The zero-order valence-corrected chi connectivity index (χ0v) is 13.4. The molecule has 4 rings (SSSR count). The largest absolute Gasteiger partial charge is 0.376 e. The molecule has 0 aromatic carbocycles. The first-order valence-electron chi connectivity index (χ1n) is 8.02. The van der Waals surface area contributed by atoms with Crippen molar-refractivity contribution >= 4 is 22.6 Å². The van der Waals surface area contributed by atoms with Gasteiger partial charge in [0.05, 0.1) is 11.5 Å². The third kappa shape index (κ3) is 2.37. The number of fused-ring (bicyclic) bond motifs is 2. The minimum atomic E-state index is -0.223. The molecule has 24 heavy (non-hydrogen) atoms. The van der Waals surface area contributed by atoms with E-state index in [0.29, 0.717) is 28.9 Å². The molecule has 0 radical (unpaired) electrons. The first kappa shape index (κ1) is 14.9. The van der Waals surface area contributed by atoms with E-state index < -0.39 is 0 Å². The van der Waals surface area contributed by atoms with E-state index in [1.165, 1.54) is 4.40 Å². The number of rotatable bonds is 3. The summed E-state index contributed by atoms with van der Waals surface area (Å²) in [5, 5.41) is 3.32. The smallest absolute Gasteiger partial charge is 0.268 e. The lowest BCUT2D eigenvalue weighted by atomic mass is 10.2. The zero-order valence-electron chi connectivity index (χ0n) is 13.4. The van der Waals surface area contributed by atoms with E-state index in [0.717, 1.165) is 19.4 Å². The topological polar surface area (TPSA) is 77.6 Å². The number of ether oxygens (including phenoxy) is 1. The lowest BCUT2D eigenvalue weighted by molar-refractivity contribution is 0.0851. The van der Waals surface area contributed by atoms with E-state index in [4.69, 9.17) is 4.74 Å². The van der Waals surface area contributed by atoms with Crippen LogP contribution in [0.3, 0.4) is 0 Å². The number of hydrogen-bond acceptors (Lipinski definition) is 4. The summed E-state index contributed by atoms with van der Waals surface area (Å²) >= 11 is 0. The molecule has 1 amide bonds. The summed E-state index contributed by atoms with van der Waals surface area (Å²) in [5.74, 6) is -0.223. The summed E-state index contributed by atoms with van der Waals surface area (Å²) in [6, 6.07) is 6.98. The number of nitrogens with one attached hydrogen (secondary N) is 1. The van der Waals surface area contributed by atoms with E-state index in [-0.39, 0.29) is 17.6 Å². The standard InChI is InChI=1S/C17H18N4O3/c1-20-13(16(22)18-10-11-5-4-8-24-11)9-12-15(20)19-14-6-2-3-7-21(14)17(12)23/h2-3,6-7,9,11H,4-5,8,10H2,1H3,(H,18,22)/t11-/m1/s1. The van der Waals surface area contributed by atoms with Crippen molar-refractivity contribution in [1.29, 1.82) is 0 Å². The number of amides is 1. The minimum absolute atomic E-state index is 0.0787. The lowest BCUT2D eigenvalue weighted by Gasteiger charge is -2.11. The summed E-state index contributed by atoms with van der Waals surface area (Å²) in [6.07, 6.45) is 3.75. The van der Waals surface area contributed by atoms with Crippen LogP contribution in [0, 0.1) is 0 Å². The Bertz CT molecular complexity index is 983. The van der Waals surface area contributed by atoms with Gasteiger partial charge in [-0.25, -0.2) is 4.98 Å². The summed E-state index contributed by atoms with van der Waals surface area (Å²) < 4.78 is 8.66. The van der Waals surface area contributed by atoms with Crippen LogP contribution in [0.1, 0.15) is 23.3 Å². The first-order chi connectivity index (χ1) is 11.6. The quantitative estimate of drug-likeness (QED) is 0.782. The van der Waals surface area contributed by atoms with Crippen molar-refractivity contribution < 1.29 is 9.53 Å². The number of nitrogens with zero attached hydrogens (tertiary/aromatic N) is 3. The van der Waals surface area contributed by atoms with Crippen LogP contribution < -0.4 is 10.9 Å². The molecule has 1 N–H and O–H groups in total. The fourth-order valence-corrected chi connectivity index (χ4v) is 3.14. The van der Waals surface area contributed by atoms with E-state index >= 15 is 0 Å². The van der Waals surface area contributed by atoms with E-state index in [2.05, 4.69) is 10.3 Å². The highest BCUT2D eigenvalue weighted by molar-refractivity contribution is 5.98. The van der Waals surface area contributed by atoms with Crippen LogP contribution in [0.15, 0.2) is 35.3 Å². The number of aromatic nitrogens is 3. The van der Waals surface area contributed by atoms with Gasteiger partial charge in [0, 0.05) is 26.4 Å². The molecule has 0 spiro atoms. The molecule has 1 saturated heterocycles. The summed E-state index contributed by atoms with van der Waals surface area (Å²) in [7, 11) is 1.75.